The average molecular weight is 243 g/mol. The van der Waals surface area contributed by atoms with Gasteiger partial charge in [-0.15, -0.1) is 0 Å². The Morgan fingerprint density at radius 2 is 2.29 bits per heavy atom. The summed E-state index contributed by atoms with van der Waals surface area (Å²) in [7, 11) is 0. The van der Waals surface area contributed by atoms with Crippen LogP contribution < -0.4 is 4.90 Å². The van der Waals surface area contributed by atoms with Crippen LogP contribution in [0.15, 0.2) is 12.3 Å². The number of rotatable bonds is 3. The van der Waals surface area contributed by atoms with E-state index in [0.29, 0.717) is 5.82 Å². The molecule has 2 heterocycles. The second kappa shape index (κ2) is 4.23. The molecular weight excluding hydrogens is 232 g/mol. The number of hydrogen-bond acceptors (Lipinski definition) is 5. The third-order valence-corrected chi connectivity index (χ3v) is 2.27. The molecule has 1 fully saturated rings. The molecule has 2 rings (SSSR count). The molecule has 0 unspecified atom stereocenters. The van der Waals surface area contributed by atoms with Crippen LogP contribution in [0.5, 0.6) is 0 Å². The summed E-state index contributed by atoms with van der Waals surface area (Å²) in [6.45, 7) is 1.12. The minimum absolute atomic E-state index is 0.112. The van der Waals surface area contributed by atoms with Crippen molar-refractivity contribution in [3.05, 3.63) is 18.1 Å². The molecule has 1 aliphatic rings. The molecule has 92 valence electrons. The number of carbonyl (C=O) groups is 1. The fraction of sp³-hybridized carbons (Fsp3) is 0.500. The molecule has 0 aromatic carbocycles. The number of ether oxygens (including phenoxy) is 1. The summed E-state index contributed by atoms with van der Waals surface area (Å²) in [5.41, 5.74) is 0. The molecule has 0 radical (unpaired) electrons. The van der Waals surface area contributed by atoms with Gasteiger partial charge < -0.3 is 9.64 Å². The summed E-state index contributed by atoms with van der Waals surface area (Å²) < 4.78 is 30.1. The second-order valence-electron chi connectivity index (χ2n) is 3.67. The monoisotopic (exact) mass is 243 g/mol. The van der Waals surface area contributed by atoms with Gasteiger partial charge in [-0.1, -0.05) is 0 Å². The highest BCUT2D eigenvalue weighted by Crippen LogP contribution is 2.30. The summed E-state index contributed by atoms with van der Waals surface area (Å²) in [6.07, 6.45) is 1.35. The molecule has 0 spiro atoms. The fourth-order valence-corrected chi connectivity index (χ4v) is 1.49. The first-order chi connectivity index (χ1) is 8.02. The van der Waals surface area contributed by atoms with Gasteiger partial charge >= 0.3 is 5.97 Å². The smallest absolute Gasteiger partial charge is 0.376 e. The predicted octanol–water partition coefficient (Wildman–Crippen LogP) is 1.11. The molecule has 0 saturated carbocycles. The van der Waals surface area contributed by atoms with E-state index in [-0.39, 0.29) is 25.5 Å². The van der Waals surface area contributed by atoms with Crippen molar-refractivity contribution in [2.45, 2.75) is 12.8 Å². The first kappa shape index (κ1) is 11.7. The molecular formula is C10H11F2N3O2. The van der Waals surface area contributed by atoms with E-state index >= 15 is 0 Å². The van der Waals surface area contributed by atoms with Crippen molar-refractivity contribution in [3.8, 4) is 0 Å². The maximum absolute atomic E-state index is 12.7. The maximum Gasteiger partial charge on any atom is 0.376 e. The van der Waals surface area contributed by atoms with Crippen LogP contribution >= 0.6 is 0 Å². The lowest BCUT2D eigenvalue weighted by Crippen LogP contribution is -2.56. The van der Waals surface area contributed by atoms with Crippen LogP contribution in [0, 0.1) is 0 Å². The van der Waals surface area contributed by atoms with Gasteiger partial charge in [0.05, 0.1) is 19.7 Å². The van der Waals surface area contributed by atoms with Crippen molar-refractivity contribution in [3.63, 3.8) is 0 Å². The van der Waals surface area contributed by atoms with E-state index in [4.69, 9.17) is 4.74 Å². The Bertz CT molecular complexity index is 431. The van der Waals surface area contributed by atoms with E-state index in [1.54, 1.807) is 6.92 Å². The summed E-state index contributed by atoms with van der Waals surface area (Å²) >= 11 is 0. The average Bonchev–Trinajstić information content (AvgIpc) is 2.26. The van der Waals surface area contributed by atoms with Gasteiger partial charge in [-0.05, 0) is 13.0 Å². The molecule has 1 saturated heterocycles. The normalized spacial score (nSPS) is 17.5. The molecule has 0 N–H and O–H groups in total. The lowest BCUT2D eigenvalue weighted by Gasteiger charge is -2.39. The Morgan fingerprint density at radius 3 is 2.88 bits per heavy atom. The number of alkyl halides is 2. The zero-order valence-electron chi connectivity index (χ0n) is 9.19. The topological polar surface area (TPSA) is 55.3 Å². The predicted molar refractivity (Wildman–Crippen MR) is 55.1 cm³/mol. The quantitative estimate of drug-likeness (QED) is 0.744. The van der Waals surface area contributed by atoms with Crippen LogP contribution in [0.2, 0.25) is 0 Å². The van der Waals surface area contributed by atoms with Crippen LogP contribution in [-0.2, 0) is 4.74 Å². The molecule has 0 amide bonds. The maximum atomic E-state index is 12.7. The summed E-state index contributed by atoms with van der Waals surface area (Å²) in [5.74, 6) is -3.12. The van der Waals surface area contributed by atoms with Gasteiger partial charge in [-0.25, -0.2) is 23.5 Å². The Balaban J connectivity index is 2.10. The van der Waals surface area contributed by atoms with E-state index in [1.807, 2.05) is 0 Å². The zero-order valence-corrected chi connectivity index (χ0v) is 9.19. The Hall–Kier alpha value is -1.79. The van der Waals surface area contributed by atoms with Crippen LogP contribution in [0.3, 0.4) is 0 Å². The second-order valence-corrected chi connectivity index (χ2v) is 3.67. The third-order valence-electron chi connectivity index (χ3n) is 2.27. The number of anilines is 1. The molecule has 1 aromatic heterocycles. The molecule has 17 heavy (non-hydrogen) atoms. The minimum Gasteiger partial charge on any atom is -0.460 e. The van der Waals surface area contributed by atoms with Gasteiger partial charge in [0, 0.05) is 6.20 Å². The SMILES string of the molecule is CCOC(=O)c1nccc(N2CC(F)(F)C2)n1. The third kappa shape index (κ3) is 2.48. The summed E-state index contributed by atoms with van der Waals surface area (Å²) in [5, 5.41) is 0. The van der Waals surface area contributed by atoms with Gasteiger partial charge in [0.1, 0.15) is 5.82 Å². The largest absolute Gasteiger partial charge is 0.460 e. The number of carbonyl (C=O) groups excluding carboxylic acids is 1. The number of halogens is 2. The van der Waals surface area contributed by atoms with Crippen LogP contribution in [-0.4, -0.2) is 41.6 Å². The van der Waals surface area contributed by atoms with Gasteiger partial charge in [-0.3, -0.25) is 0 Å². The van der Waals surface area contributed by atoms with E-state index in [2.05, 4.69) is 9.97 Å². The molecule has 0 bridgehead atoms. The van der Waals surface area contributed by atoms with Gasteiger partial charge in [0.2, 0.25) is 5.82 Å². The van der Waals surface area contributed by atoms with Crippen molar-refractivity contribution >= 4 is 11.8 Å². The number of nitrogens with zero attached hydrogens (tertiary/aromatic N) is 3. The van der Waals surface area contributed by atoms with Gasteiger partial charge in [-0.2, -0.15) is 0 Å². The summed E-state index contributed by atoms with van der Waals surface area (Å²) in [6, 6.07) is 1.48. The fourth-order valence-electron chi connectivity index (χ4n) is 1.49. The molecule has 7 heteroatoms. The zero-order chi connectivity index (χ0) is 12.5. The minimum atomic E-state index is -2.67. The first-order valence-electron chi connectivity index (χ1n) is 5.15. The van der Waals surface area contributed by atoms with E-state index in [0.717, 1.165) is 0 Å². The van der Waals surface area contributed by atoms with Crippen molar-refractivity contribution in [1.29, 1.82) is 0 Å². The highest BCUT2D eigenvalue weighted by Gasteiger charge is 2.44. The first-order valence-corrected chi connectivity index (χ1v) is 5.15. The molecule has 1 aliphatic heterocycles. The lowest BCUT2D eigenvalue weighted by molar-refractivity contribution is -0.0267. The van der Waals surface area contributed by atoms with Gasteiger partial charge in [0.15, 0.2) is 0 Å². The van der Waals surface area contributed by atoms with Gasteiger partial charge in [0.25, 0.3) is 5.92 Å². The highest BCUT2D eigenvalue weighted by molar-refractivity contribution is 5.85. The molecule has 0 aliphatic carbocycles. The van der Waals surface area contributed by atoms with Crippen molar-refractivity contribution in [2.75, 3.05) is 24.6 Å². The van der Waals surface area contributed by atoms with Crippen LogP contribution in [0.1, 0.15) is 17.5 Å². The number of aromatic nitrogens is 2. The Kier molecular flexibility index (Phi) is 2.91. The Morgan fingerprint density at radius 1 is 1.59 bits per heavy atom. The van der Waals surface area contributed by atoms with Crippen LogP contribution in [0.25, 0.3) is 0 Å². The van der Waals surface area contributed by atoms with E-state index in [1.165, 1.54) is 17.2 Å². The van der Waals surface area contributed by atoms with Crippen molar-refractivity contribution in [1.82, 2.24) is 9.97 Å². The Labute approximate surface area is 96.4 Å². The summed E-state index contributed by atoms with van der Waals surface area (Å²) in [4.78, 5) is 20.3. The molecule has 0 atom stereocenters. The van der Waals surface area contributed by atoms with Crippen molar-refractivity contribution < 1.29 is 18.3 Å². The lowest BCUT2D eigenvalue weighted by atomic mass is 10.1. The van der Waals surface area contributed by atoms with E-state index in [9.17, 15) is 13.6 Å². The highest BCUT2D eigenvalue weighted by atomic mass is 19.3. The molecule has 1 aromatic rings. The van der Waals surface area contributed by atoms with Crippen molar-refractivity contribution in [2.24, 2.45) is 0 Å². The number of esters is 1. The van der Waals surface area contributed by atoms with E-state index < -0.39 is 11.9 Å². The number of hydrogen-bond donors (Lipinski definition) is 0. The molecule has 5 nitrogen and oxygen atoms in total. The standard InChI is InChI=1S/C10H11F2N3O2/c1-2-17-9(16)8-13-4-3-7(14-8)15-5-10(11,12)6-15/h3-4H,2,5-6H2,1H3. The van der Waals surface area contributed by atoms with Crippen LogP contribution in [0.4, 0.5) is 14.6 Å².